The first kappa shape index (κ1) is 15.8. The van der Waals surface area contributed by atoms with Crippen LogP contribution in [0.4, 0.5) is 13.2 Å². The van der Waals surface area contributed by atoms with Gasteiger partial charge in [-0.15, -0.1) is 0 Å². The van der Waals surface area contributed by atoms with E-state index in [9.17, 15) is 18.0 Å². The Morgan fingerprint density at radius 3 is 2.67 bits per heavy atom. The molecule has 1 aromatic heterocycles. The van der Waals surface area contributed by atoms with Crippen LogP contribution in [0, 0.1) is 5.92 Å². The molecule has 21 heavy (non-hydrogen) atoms. The monoisotopic (exact) mass is 301 g/mol. The minimum absolute atomic E-state index is 0.0461. The third-order valence-electron chi connectivity index (χ3n) is 4.04. The van der Waals surface area contributed by atoms with Crippen molar-refractivity contribution in [2.75, 3.05) is 13.6 Å². The second kappa shape index (κ2) is 6.01. The van der Waals surface area contributed by atoms with Crippen LogP contribution in [0.25, 0.3) is 0 Å². The minimum atomic E-state index is -4.50. The molecule has 1 aliphatic carbocycles. The molecular weight excluding hydrogens is 283 g/mol. The Balaban J connectivity index is 2.12. The molecule has 0 bridgehead atoms. The lowest BCUT2D eigenvalue weighted by Crippen LogP contribution is -2.41. The number of nitrogens with two attached hydrogens (primary N) is 1. The molecule has 2 unspecified atom stereocenters. The fraction of sp³-hybridized carbons (Fsp3) is 0.571. The Morgan fingerprint density at radius 1 is 1.43 bits per heavy atom. The zero-order valence-electron chi connectivity index (χ0n) is 11.7. The van der Waals surface area contributed by atoms with Crippen molar-refractivity contribution < 1.29 is 18.0 Å². The summed E-state index contributed by atoms with van der Waals surface area (Å²) in [6, 6.07) is 2.04. The summed E-state index contributed by atoms with van der Waals surface area (Å²) in [7, 11) is 1.67. The SMILES string of the molecule is CN(C(=O)c1ccc(C(F)(F)F)nc1)C1CCCC1CN. The van der Waals surface area contributed by atoms with Gasteiger partial charge in [-0.3, -0.25) is 9.78 Å². The summed E-state index contributed by atoms with van der Waals surface area (Å²) in [4.78, 5) is 17.2. The van der Waals surface area contributed by atoms with Gasteiger partial charge >= 0.3 is 6.18 Å². The van der Waals surface area contributed by atoms with Crippen LogP contribution in [0.3, 0.4) is 0 Å². The molecule has 2 N–H and O–H groups in total. The van der Waals surface area contributed by atoms with E-state index >= 15 is 0 Å². The van der Waals surface area contributed by atoms with Gasteiger partial charge in [-0.05, 0) is 37.4 Å². The van der Waals surface area contributed by atoms with Crippen LogP contribution in [0.1, 0.15) is 35.3 Å². The molecule has 0 aliphatic heterocycles. The number of carbonyl (C=O) groups excluding carboxylic acids is 1. The van der Waals surface area contributed by atoms with E-state index in [2.05, 4.69) is 4.98 Å². The Labute approximate surface area is 121 Å². The van der Waals surface area contributed by atoms with Crippen LogP contribution in [-0.4, -0.2) is 35.4 Å². The van der Waals surface area contributed by atoms with Crippen LogP contribution in [0.5, 0.6) is 0 Å². The Kier molecular flexibility index (Phi) is 4.51. The van der Waals surface area contributed by atoms with Gasteiger partial charge in [-0.1, -0.05) is 6.42 Å². The second-order valence-corrected chi connectivity index (χ2v) is 5.34. The third kappa shape index (κ3) is 3.34. The molecule has 116 valence electrons. The van der Waals surface area contributed by atoms with Crippen molar-refractivity contribution in [2.24, 2.45) is 11.7 Å². The smallest absolute Gasteiger partial charge is 0.338 e. The molecule has 1 heterocycles. The predicted octanol–water partition coefficient (Wildman–Crippen LogP) is 2.30. The van der Waals surface area contributed by atoms with E-state index < -0.39 is 11.9 Å². The van der Waals surface area contributed by atoms with Gasteiger partial charge < -0.3 is 10.6 Å². The number of halogens is 3. The highest BCUT2D eigenvalue weighted by Crippen LogP contribution is 2.30. The lowest BCUT2D eigenvalue weighted by Gasteiger charge is -2.29. The number of hydrogen-bond acceptors (Lipinski definition) is 3. The number of alkyl halides is 3. The zero-order chi connectivity index (χ0) is 15.6. The maximum Gasteiger partial charge on any atom is 0.433 e. The molecule has 0 radical (unpaired) electrons. The lowest BCUT2D eigenvalue weighted by molar-refractivity contribution is -0.141. The first-order valence-corrected chi connectivity index (χ1v) is 6.85. The largest absolute Gasteiger partial charge is 0.433 e. The van der Waals surface area contributed by atoms with Crippen LogP contribution >= 0.6 is 0 Å². The number of aromatic nitrogens is 1. The number of nitrogens with zero attached hydrogens (tertiary/aromatic N) is 2. The molecule has 1 aliphatic rings. The van der Waals surface area contributed by atoms with Gasteiger partial charge in [0.25, 0.3) is 5.91 Å². The molecule has 0 aromatic carbocycles. The van der Waals surface area contributed by atoms with Crippen LogP contribution < -0.4 is 5.73 Å². The standard InChI is InChI=1S/C14H18F3N3O/c1-20(11-4-2-3-9(11)7-18)13(21)10-5-6-12(19-8-10)14(15,16)17/h5-6,8-9,11H,2-4,7,18H2,1H3. The Hall–Kier alpha value is -1.63. The Morgan fingerprint density at radius 2 is 2.14 bits per heavy atom. The minimum Gasteiger partial charge on any atom is -0.338 e. The number of amides is 1. The van der Waals surface area contributed by atoms with Gasteiger partial charge in [0.05, 0.1) is 5.56 Å². The first-order valence-electron chi connectivity index (χ1n) is 6.85. The van der Waals surface area contributed by atoms with Crippen molar-refractivity contribution in [2.45, 2.75) is 31.5 Å². The van der Waals surface area contributed by atoms with Crippen molar-refractivity contribution in [1.82, 2.24) is 9.88 Å². The molecule has 4 nitrogen and oxygen atoms in total. The van der Waals surface area contributed by atoms with Gasteiger partial charge in [0.2, 0.25) is 0 Å². The van der Waals surface area contributed by atoms with Gasteiger partial charge in [0, 0.05) is 19.3 Å². The van der Waals surface area contributed by atoms with Gasteiger partial charge in [-0.25, -0.2) is 0 Å². The third-order valence-corrected chi connectivity index (χ3v) is 4.04. The molecule has 1 fully saturated rings. The highest BCUT2D eigenvalue weighted by Gasteiger charge is 2.34. The first-order chi connectivity index (χ1) is 9.84. The highest BCUT2D eigenvalue weighted by atomic mass is 19.4. The fourth-order valence-electron chi connectivity index (χ4n) is 2.84. The van der Waals surface area contributed by atoms with E-state index in [0.717, 1.165) is 31.5 Å². The van der Waals surface area contributed by atoms with E-state index in [4.69, 9.17) is 5.73 Å². The average Bonchev–Trinajstić information content (AvgIpc) is 2.93. The van der Waals surface area contributed by atoms with Crippen molar-refractivity contribution in [3.05, 3.63) is 29.6 Å². The van der Waals surface area contributed by atoms with Crippen molar-refractivity contribution in [3.63, 3.8) is 0 Å². The quantitative estimate of drug-likeness (QED) is 0.932. The summed E-state index contributed by atoms with van der Waals surface area (Å²) in [5, 5.41) is 0. The summed E-state index contributed by atoms with van der Waals surface area (Å²) in [5.74, 6) is -0.0667. The molecule has 1 amide bonds. The summed E-state index contributed by atoms with van der Waals surface area (Å²) in [6.45, 7) is 0.507. The highest BCUT2D eigenvalue weighted by molar-refractivity contribution is 5.94. The second-order valence-electron chi connectivity index (χ2n) is 5.34. The maximum atomic E-state index is 12.5. The van der Waals surface area contributed by atoms with Gasteiger partial charge in [0.15, 0.2) is 0 Å². The molecule has 2 atom stereocenters. The number of hydrogen-bond donors (Lipinski definition) is 1. The average molecular weight is 301 g/mol. The van der Waals surface area contributed by atoms with Crippen molar-refractivity contribution >= 4 is 5.91 Å². The van der Waals surface area contributed by atoms with E-state index in [1.807, 2.05) is 0 Å². The molecule has 7 heteroatoms. The lowest BCUT2D eigenvalue weighted by atomic mass is 10.0. The summed E-state index contributed by atoms with van der Waals surface area (Å²) >= 11 is 0. The molecule has 1 aromatic rings. The molecular formula is C14H18F3N3O. The fourth-order valence-corrected chi connectivity index (χ4v) is 2.84. The van der Waals surface area contributed by atoms with Gasteiger partial charge in [0.1, 0.15) is 5.69 Å². The summed E-state index contributed by atoms with van der Waals surface area (Å²) < 4.78 is 37.4. The summed E-state index contributed by atoms with van der Waals surface area (Å²) in [6.07, 6.45) is -0.657. The Bertz CT molecular complexity index is 501. The van der Waals surface area contributed by atoms with E-state index in [-0.39, 0.29) is 23.4 Å². The number of rotatable bonds is 3. The van der Waals surface area contributed by atoms with Crippen LogP contribution in [0.2, 0.25) is 0 Å². The number of pyridine rings is 1. The maximum absolute atomic E-state index is 12.5. The summed E-state index contributed by atoms with van der Waals surface area (Å²) in [5.41, 5.74) is 4.86. The van der Waals surface area contributed by atoms with Gasteiger partial charge in [-0.2, -0.15) is 13.2 Å². The van der Waals surface area contributed by atoms with Crippen LogP contribution in [0.15, 0.2) is 18.3 Å². The molecule has 0 spiro atoms. The molecule has 1 saturated carbocycles. The molecule has 0 saturated heterocycles. The number of carbonyl (C=O) groups is 1. The van der Waals surface area contributed by atoms with Crippen molar-refractivity contribution in [3.8, 4) is 0 Å². The van der Waals surface area contributed by atoms with E-state index in [0.29, 0.717) is 6.54 Å². The van der Waals surface area contributed by atoms with Crippen molar-refractivity contribution in [1.29, 1.82) is 0 Å². The zero-order valence-corrected chi connectivity index (χ0v) is 11.7. The predicted molar refractivity (Wildman–Crippen MR) is 71.5 cm³/mol. The topological polar surface area (TPSA) is 59.2 Å². The van der Waals surface area contributed by atoms with E-state index in [1.165, 1.54) is 6.07 Å². The van der Waals surface area contributed by atoms with E-state index in [1.54, 1.807) is 11.9 Å². The van der Waals surface area contributed by atoms with Crippen LogP contribution in [-0.2, 0) is 6.18 Å². The normalized spacial score (nSPS) is 22.3. The molecule has 2 rings (SSSR count).